The molecule has 0 radical (unpaired) electrons. The molecule has 0 bridgehead atoms. The highest BCUT2D eigenvalue weighted by Gasteiger charge is 2.15. The van der Waals surface area contributed by atoms with E-state index in [-0.39, 0.29) is 5.78 Å². The Morgan fingerprint density at radius 1 is 0.846 bits per heavy atom. The molecule has 0 aliphatic heterocycles. The summed E-state index contributed by atoms with van der Waals surface area (Å²) in [5.41, 5.74) is 1.16. The zero-order valence-corrected chi connectivity index (χ0v) is 15.0. The summed E-state index contributed by atoms with van der Waals surface area (Å²) in [6.07, 6.45) is 1.64. The summed E-state index contributed by atoms with van der Waals surface area (Å²) in [5.74, 6) is 2.61. The largest absolute Gasteiger partial charge is 0.497 e. The average Bonchev–Trinajstić information content (AvgIpc) is 2.66. The van der Waals surface area contributed by atoms with Crippen molar-refractivity contribution < 1.29 is 23.7 Å². The number of aromatic nitrogens is 1. The fraction of sp³-hybridized carbons (Fsp3) is 0.200. The van der Waals surface area contributed by atoms with Gasteiger partial charge in [-0.1, -0.05) is 0 Å². The minimum atomic E-state index is -0.0970. The molecule has 0 N–H and O–H groups in total. The molecule has 2 aromatic carbocycles. The van der Waals surface area contributed by atoms with Crippen molar-refractivity contribution in [2.75, 3.05) is 21.3 Å². The molecule has 0 spiro atoms. The smallest absolute Gasteiger partial charge is 0.163 e. The van der Waals surface area contributed by atoms with Gasteiger partial charge in [0.05, 0.1) is 32.4 Å². The molecule has 0 amide bonds. The predicted octanol–water partition coefficient (Wildman–Crippen LogP) is 4.26. The third kappa shape index (κ3) is 3.26. The number of ether oxygens (including phenoxy) is 4. The first kappa shape index (κ1) is 17.5. The quantitative estimate of drug-likeness (QED) is 0.617. The van der Waals surface area contributed by atoms with Crippen LogP contribution in [-0.2, 0) is 0 Å². The third-order valence-electron chi connectivity index (χ3n) is 3.99. The number of methoxy groups -OCH3 is 3. The standard InChI is InChI=1S/C20H19NO5/c1-12(22)14-6-5-13(23-2)9-18(14)26-17-7-8-21-16-11-20(25-4)19(24-3)10-15(16)17/h5-11H,1-4H3. The van der Waals surface area contributed by atoms with Crippen LogP contribution in [0.3, 0.4) is 0 Å². The van der Waals surface area contributed by atoms with E-state index in [1.54, 1.807) is 63.9 Å². The molecule has 3 rings (SSSR count). The number of benzene rings is 2. The molecule has 0 unspecified atom stereocenters. The van der Waals surface area contributed by atoms with Gasteiger partial charge in [-0.05, 0) is 31.2 Å². The van der Waals surface area contributed by atoms with Crippen LogP contribution < -0.4 is 18.9 Å². The lowest BCUT2D eigenvalue weighted by molar-refractivity contribution is 0.101. The van der Waals surface area contributed by atoms with E-state index in [4.69, 9.17) is 18.9 Å². The van der Waals surface area contributed by atoms with E-state index >= 15 is 0 Å². The van der Waals surface area contributed by atoms with E-state index in [1.807, 2.05) is 0 Å². The lowest BCUT2D eigenvalue weighted by atomic mass is 10.1. The molecule has 0 atom stereocenters. The number of hydrogen-bond acceptors (Lipinski definition) is 6. The zero-order valence-electron chi connectivity index (χ0n) is 15.0. The Morgan fingerprint density at radius 3 is 2.23 bits per heavy atom. The molecule has 0 saturated heterocycles. The normalized spacial score (nSPS) is 10.5. The van der Waals surface area contributed by atoms with Crippen molar-refractivity contribution in [3.05, 3.63) is 48.2 Å². The Balaban J connectivity index is 2.13. The Morgan fingerprint density at radius 2 is 1.58 bits per heavy atom. The van der Waals surface area contributed by atoms with Gasteiger partial charge in [-0.2, -0.15) is 0 Å². The van der Waals surface area contributed by atoms with Gasteiger partial charge in [0.1, 0.15) is 17.2 Å². The molecule has 0 aliphatic rings. The first-order valence-electron chi connectivity index (χ1n) is 7.95. The number of ketones is 1. The van der Waals surface area contributed by atoms with Crippen LogP contribution in [0.1, 0.15) is 17.3 Å². The second kappa shape index (κ2) is 7.31. The van der Waals surface area contributed by atoms with Gasteiger partial charge in [0, 0.05) is 23.7 Å². The van der Waals surface area contributed by atoms with Gasteiger partial charge in [0.2, 0.25) is 0 Å². The molecule has 26 heavy (non-hydrogen) atoms. The number of carbonyl (C=O) groups is 1. The summed E-state index contributed by atoms with van der Waals surface area (Å²) in [5, 5.41) is 0.738. The van der Waals surface area contributed by atoms with Gasteiger partial charge in [-0.3, -0.25) is 9.78 Å². The van der Waals surface area contributed by atoms with Crippen LogP contribution >= 0.6 is 0 Å². The maximum atomic E-state index is 11.9. The minimum absolute atomic E-state index is 0.0970. The van der Waals surface area contributed by atoms with Gasteiger partial charge in [0.25, 0.3) is 0 Å². The molecular weight excluding hydrogens is 334 g/mol. The van der Waals surface area contributed by atoms with Crippen LogP contribution in [0.5, 0.6) is 28.7 Å². The number of rotatable bonds is 6. The molecule has 1 aromatic heterocycles. The van der Waals surface area contributed by atoms with Crippen LogP contribution in [-0.4, -0.2) is 32.1 Å². The van der Waals surface area contributed by atoms with Crippen molar-refractivity contribution >= 4 is 16.7 Å². The number of Topliss-reactive ketones (excluding diaryl/α,β-unsaturated/α-hetero) is 1. The lowest BCUT2D eigenvalue weighted by Gasteiger charge is -2.14. The van der Waals surface area contributed by atoms with Gasteiger partial charge in [-0.15, -0.1) is 0 Å². The van der Waals surface area contributed by atoms with E-state index in [1.165, 1.54) is 6.92 Å². The zero-order chi connectivity index (χ0) is 18.7. The molecule has 6 nitrogen and oxygen atoms in total. The summed E-state index contributed by atoms with van der Waals surface area (Å²) in [7, 11) is 4.70. The monoisotopic (exact) mass is 353 g/mol. The fourth-order valence-electron chi connectivity index (χ4n) is 2.66. The maximum absolute atomic E-state index is 11.9. The van der Waals surface area contributed by atoms with Crippen LogP contribution in [0.4, 0.5) is 0 Å². The Bertz CT molecular complexity index is 968. The van der Waals surface area contributed by atoms with E-state index in [9.17, 15) is 4.79 Å². The summed E-state index contributed by atoms with van der Waals surface area (Å²) >= 11 is 0. The average molecular weight is 353 g/mol. The van der Waals surface area contributed by atoms with Crippen molar-refractivity contribution in [2.24, 2.45) is 0 Å². The van der Waals surface area contributed by atoms with E-state index in [0.29, 0.717) is 39.8 Å². The second-order valence-electron chi connectivity index (χ2n) is 5.55. The van der Waals surface area contributed by atoms with Gasteiger partial charge in [0.15, 0.2) is 17.3 Å². The minimum Gasteiger partial charge on any atom is -0.497 e. The Labute approximate surface area is 151 Å². The number of nitrogens with zero attached hydrogens (tertiary/aromatic N) is 1. The molecule has 134 valence electrons. The van der Waals surface area contributed by atoms with Gasteiger partial charge < -0.3 is 18.9 Å². The number of hydrogen-bond donors (Lipinski definition) is 0. The maximum Gasteiger partial charge on any atom is 0.163 e. The molecule has 6 heteroatoms. The van der Waals surface area contributed by atoms with Crippen molar-refractivity contribution in [3.63, 3.8) is 0 Å². The molecule has 0 fully saturated rings. The molecule has 0 aliphatic carbocycles. The van der Waals surface area contributed by atoms with E-state index < -0.39 is 0 Å². The molecule has 1 heterocycles. The topological polar surface area (TPSA) is 66.9 Å². The third-order valence-corrected chi connectivity index (χ3v) is 3.99. The number of pyridine rings is 1. The first-order valence-corrected chi connectivity index (χ1v) is 7.95. The van der Waals surface area contributed by atoms with Gasteiger partial charge in [-0.25, -0.2) is 0 Å². The van der Waals surface area contributed by atoms with E-state index in [2.05, 4.69) is 4.98 Å². The van der Waals surface area contributed by atoms with E-state index in [0.717, 1.165) is 5.39 Å². The van der Waals surface area contributed by atoms with Gasteiger partial charge >= 0.3 is 0 Å². The van der Waals surface area contributed by atoms with Crippen LogP contribution in [0.15, 0.2) is 42.6 Å². The Kier molecular flexibility index (Phi) is 4.93. The number of carbonyl (C=O) groups excluding carboxylic acids is 1. The summed E-state index contributed by atoms with van der Waals surface area (Å²) in [4.78, 5) is 16.3. The van der Waals surface area contributed by atoms with Crippen molar-refractivity contribution in [1.29, 1.82) is 0 Å². The first-order chi connectivity index (χ1) is 12.6. The molecule has 0 saturated carbocycles. The lowest BCUT2D eigenvalue weighted by Crippen LogP contribution is -1.99. The van der Waals surface area contributed by atoms with Crippen molar-refractivity contribution in [3.8, 4) is 28.7 Å². The van der Waals surface area contributed by atoms with Crippen LogP contribution in [0.25, 0.3) is 10.9 Å². The SMILES string of the molecule is COc1ccc(C(C)=O)c(Oc2ccnc3cc(OC)c(OC)cc23)c1. The highest BCUT2D eigenvalue weighted by atomic mass is 16.5. The highest BCUT2D eigenvalue weighted by molar-refractivity contribution is 5.97. The fourth-order valence-corrected chi connectivity index (χ4v) is 2.66. The predicted molar refractivity (Wildman–Crippen MR) is 97.9 cm³/mol. The summed E-state index contributed by atoms with van der Waals surface area (Å²) < 4.78 is 22.0. The molecular formula is C20H19NO5. The van der Waals surface area contributed by atoms with Crippen molar-refractivity contribution in [1.82, 2.24) is 4.98 Å². The molecule has 3 aromatic rings. The summed E-state index contributed by atoms with van der Waals surface area (Å²) in [6.45, 7) is 1.49. The highest BCUT2D eigenvalue weighted by Crippen LogP contribution is 2.38. The summed E-state index contributed by atoms with van der Waals surface area (Å²) in [6, 6.07) is 10.4. The number of fused-ring (bicyclic) bond motifs is 1. The van der Waals surface area contributed by atoms with Crippen LogP contribution in [0.2, 0.25) is 0 Å². The second-order valence-corrected chi connectivity index (χ2v) is 5.55. The Hall–Kier alpha value is -3.28. The van der Waals surface area contributed by atoms with Crippen LogP contribution in [0, 0.1) is 0 Å². The van der Waals surface area contributed by atoms with Crippen molar-refractivity contribution in [2.45, 2.75) is 6.92 Å².